The van der Waals surface area contributed by atoms with Crippen LogP contribution in [0, 0.1) is 16.7 Å². The second-order valence-corrected chi connectivity index (χ2v) is 8.01. The van der Waals surface area contributed by atoms with E-state index in [2.05, 4.69) is 32.6 Å². The molecular formula is C16H30N2O. The molecule has 1 aliphatic heterocycles. The van der Waals surface area contributed by atoms with Gasteiger partial charge in [0.25, 0.3) is 0 Å². The van der Waals surface area contributed by atoms with Crippen molar-refractivity contribution in [3.63, 3.8) is 0 Å². The summed E-state index contributed by atoms with van der Waals surface area (Å²) in [6, 6.07) is 0.474. The van der Waals surface area contributed by atoms with Crippen molar-refractivity contribution in [3.8, 4) is 0 Å². The lowest BCUT2D eigenvalue weighted by Gasteiger charge is -2.39. The van der Waals surface area contributed by atoms with Gasteiger partial charge in [-0.15, -0.1) is 0 Å². The Kier molecular flexibility index (Phi) is 3.97. The molecule has 0 radical (unpaired) electrons. The number of fused-ring (bicyclic) bond motifs is 2. The van der Waals surface area contributed by atoms with Gasteiger partial charge in [0.05, 0.1) is 0 Å². The van der Waals surface area contributed by atoms with Crippen LogP contribution in [0.25, 0.3) is 0 Å². The molecule has 110 valence electrons. The zero-order valence-electron chi connectivity index (χ0n) is 13.0. The molecule has 1 saturated carbocycles. The first kappa shape index (κ1) is 14.8. The van der Waals surface area contributed by atoms with Gasteiger partial charge in [0, 0.05) is 18.5 Å². The van der Waals surface area contributed by atoms with Gasteiger partial charge in [0.1, 0.15) is 0 Å². The predicted octanol–water partition coefficient (Wildman–Crippen LogP) is 2.79. The van der Waals surface area contributed by atoms with Gasteiger partial charge < -0.3 is 10.6 Å². The molecule has 19 heavy (non-hydrogen) atoms. The monoisotopic (exact) mass is 266 g/mol. The molecule has 1 amide bonds. The fraction of sp³-hybridized carbons (Fsp3) is 0.938. The summed E-state index contributed by atoms with van der Waals surface area (Å²) in [5.74, 6) is 0.495. The molecule has 2 N–H and O–H groups in total. The smallest absolute Gasteiger partial charge is 0.225 e. The minimum atomic E-state index is 0.134. The normalized spacial score (nSPS) is 34.4. The molecule has 0 aromatic rings. The van der Waals surface area contributed by atoms with Crippen molar-refractivity contribution in [3.05, 3.63) is 0 Å². The minimum absolute atomic E-state index is 0.134. The van der Waals surface area contributed by atoms with E-state index in [1.165, 1.54) is 12.8 Å². The number of hydrogen-bond acceptors (Lipinski definition) is 2. The lowest BCUT2D eigenvalue weighted by Crippen LogP contribution is -2.40. The fourth-order valence-electron chi connectivity index (χ4n) is 4.55. The number of amides is 1. The van der Waals surface area contributed by atoms with Crippen LogP contribution in [0.1, 0.15) is 59.8 Å². The Labute approximate surface area is 117 Å². The van der Waals surface area contributed by atoms with Crippen LogP contribution in [-0.2, 0) is 4.79 Å². The van der Waals surface area contributed by atoms with E-state index in [-0.39, 0.29) is 5.92 Å². The Morgan fingerprint density at radius 3 is 2.68 bits per heavy atom. The number of rotatable bonds is 4. The summed E-state index contributed by atoms with van der Waals surface area (Å²) in [6.07, 6.45) is 5.49. The van der Waals surface area contributed by atoms with Gasteiger partial charge in [0.2, 0.25) is 5.91 Å². The topological polar surface area (TPSA) is 46.3 Å². The quantitative estimate of drug-likeness (QED) is 0.850. The standard InChI is InChI=1S/C16H30N2O/c1-12(6-5-7-17)14(19)18-11-16(4)9-13(18)8-15(2,3)10-16/h12-13H,5-11,17H2,1-4H3. The first-order valence-electron chi connectivity index (χ1n) is 7.77. The molecule has 0 aromatic carbocycles. The van der Waals surface area contributed by atoms with E-state index in [0.29, 0.717) is 29.3 Å². The zero-order chi connectivity index (χ0) is 14.3. The summed E-state index contributed by atoms with van der Waals surface area (Å²) in [5, 5.41) is 0. The van der Waals surface area contributed by atoms with Crippen molar-refractivity contribution in [2.75, 3.05) is 13.1 Å². The first-order chi connectivity index (χ1) is 8.76. The maximum Gasteiger partial charge on any atom is 0.225 e. The molecule has 2 bridgehead atoms. The lowest BCUT2D eigenvalue weighted by molar-refractivity contribution is -0.136. The van der Waals surface area contributed by atoms with Gasteiger partial charge in [0.15, 0.2) is 0 Å². The second kappa shape index (κ2) is 5.08. The van der Waals surface area contributed by atoms with E-state index in [1.807, 2.05) is 0 Å². The Balaban J connectivity index is 2.05. The molecule has 3 nitrogen and oxygen atoms in total. The van der Waals surface area contributed by atoms with E-state index in [9.17, 15) is 4.79 Å². The van der Waals surface area contributed by atoms with Crippen LogP contribution in [0.5, 0.6) is 0 Å². The number of nitrogens with zero attached hydrogens (tertiary/aromatic N) is 1. The van der Waals surface area contributed by atoms with Crippen molar-refractivity contribution in [2.24, 2.45) is 22.5 Å². The van der Waals surface area contributed by atoms with Gasteiger partial charge in [-0.1, -0.05) is 27.7 Å². The highest BCUT2D eigenvalue weighted by molar-refractivity contribution is 5.79. The number of carbonyl (C=O) groups excluding carboxylic acids is 1. The van der Waals surface area contributed by atoms with Crippen LogP contribution < -0.4 is 5.73 Å². The molecule has 1 heterocycles. The summed E-state index contributed by atoms with van der Waals surface area (Å²) in [6.45, 7) is 10.8. The highest BCUT2D eigenvalue weighted by Crippen LogP contribution is 2.52. The van der Waals surface area contributed by atoms with Crippen LogP contribution in [-0.4, -0.2) is 29.9 Å². The Morgan fingerprint density at radius 2 is 2.05 bits per heavy atom. The fourth-order valence-corrected chi connectivity index (χ4v) is 4.55. The van der Waals surface area contributed by atoms with Crippen molar-refractivity contribution >= 4 is 5.91 Å². The highest BCUT2D eigenvalue weighted by atomic mass is 16.2. The molecule has 2 rings (SSSR count). The molecular weight excluding hydrogens is 236 g/mol. The van der Waals surface area contributed by atoms with Crippen molar-refractivity contribution in [1.29, 1.82) is 0 Å². The van der Waals surface area contributed by atoms with Crippen LogP contribution in [0.2, 0.25) is 0 Å². The summed E-state index contributed by atoms with van der Waals surface area (Å²) in [7, 11) is 0. The van der Waals surface area contributed by atoms with Gasteiger partial charge in [-0.3, -0.25) is 4.79 Å². The molecule has 3 unspecified atom stereocenters. The maximum atomic E-state index is 12.6. The van der Waals surface area contributed by atoms with Crippen molar-refractivity contribution in [2.45, 2.75) is 65.8 Å². The number of likely N-dealkylation sites (tertiary alicyclic amines) is 1. The van der Waals surface area contributed by atoms with Crippen LogP contribution in [0.4, 0.5) is 0 Å². The van der Waals surface area contributed by atoms with Gasteiger partial charge in [-0.2, -0.15) is 0 Å². The van der Waals surface area contributed by atoms with Gasteiger partial charge in [-0.25, -0.2) is 0 Å². The van der Waals surface area contributed by atoms with E-state index < -0.39 is 0 Å². The summed E-state index contributed by atoms with van der Waals surface area (Å²) < 4.78 is 0. The van der Waals surface area contributed by atoms with E-state index in [4.69, 9.17) is 5.73 Å². The molecule has 3 atom stereocenters. The third-order valence-electron chi connectivity index (χ3n) is 4.96. The predicted molar refractivity (Wildman–Crippen MR) is 78.7 cm³/mol. The number of nitrogens with two attached hydrogens (primary N) is 1. The summed E-state index contributed by atoms with van der Waals surface area (Å²) in [4.78, 5) is 14.8. The molecule has 0 aromatic heterocycles. The first-order valence-corrected chi connectivity index (χ1v) is 7.77. The van der Waals surface area contributed by atoms with Crippen molar-refractivity contribution in [1.82, 2.24) is 4.90 Å². The lowest BCUT2D eigenvalue weighted by atomic mass is 9.65. The largest absolute Gasteiger partial charge is 0.339 e. The van der Waals surface area contributed by atoms with E-state index in [0.717, 1.165) is 25.8 Å². The highest BCUT2D eigenvalue weighted by Gasteiger charge is 2.51. The van der Waals surface area contributed by atoms with E-state index in [1.54, 1.807) is 0 Å². The molecule has 2 aliphatic rings. The van der Waals surface area contributed by atoms with Gasteiger partial charge in [-0.05, 0) is 49.5 Å². The summed E-state index contributed by atoms with van der Waals surface area (Å²) in [5.41, 5.74) is 6.27. The molecule has 1 aliphatic carbocycles. The second-order valence-electron chi connectivity index (χ2n) is 8.01. The molecule has 2 fully saturated rings. The van der Waals surface area contributed by atoms with Crippen LogP contribution in [0.15, 0.2) is 0 Å². The molecule has 3 heteroatoms. The van der Waals surface area contributed by atoms with Crippen LogP contribution >= 0.6 is 0 Å². The number of hydrogen-bond donors (Lipinski definition) is 1. The molecule has 0 spiro atoms. The van der Waals surface area contributed by atoms with Crippen LogP contribution in [0.3, 0.4) is 0 Å². The zero-order valence-corrected chi connectivity index (χ0v) is 13.0. The minimum Gasteiger partial charge on any atom is -0.339 e. The Bertz CT molecular complexity index is 353. The number of carbonyl (C=O) groups is 1. The summed E-state index contributed by atoms with van der Waals surface area (Å²) >= 11 is 0. The Morgan fingerprint density at radius 1 is 1.37 bits per heavy atom. The Hall–Kier alpha value is -0.570. The average molecular weight is 266 g/mol. The average Bonchev–Trinajstić information content (AvgIpc) is 2.54. The van der Waals surface area contributed by atoms with E-state index >= 15 is 0 Å². The SMILES string of the molecule is CC(CCCN)C(=O)N1CC2(C)CC1CC(C)(C)C2. The van der Waals surface area contributed by atoms with Gasteiger partial charge >= 0.3 is 0 Å². The molecule has 1 saturated heterocycles. The maximum absolute atomic E-state index is 12.6. The third kappa shape index (κ3) is 3.13. The van der Waals surface area contributed by atoms with Crippen molar-refractivity contribution < 1.29 is 4.79 Å². The third-order valence-corrected chi connectivity index (χ3v) is 4.96.